The van der Waals surface area contributed by atoms with Crippen molar-refractivity contribution in [1.82, 2.24) is 10.1 Å². The molecule has 3 aromatic rings. The summed E-state index contributed by atoms with van der Waals surface area (Å²) in [6.07, 6.45) is -3.47. The van der Waals surface area contributed by atoms with Gasteiger partial charge in [0, 0.05) is 22.3 Å². The lowest BCUT2D eigenvalue weighted by atomic mass is 10.1. The third-order valence-electron chi connectivity index (χ3n) is 3.74. The van der Waals surface area contributed by atoms with E-state index in [1.54, 1.807) is 0 Å². The monoisotopic (exact) mass is 420 g/mol. The van der Waals surface area contributed by atoms with Crippen LogP contribution in [0, 0.1) is 11.3 Å². The van der Waals surface area contributed by atoms with Gasteiger partial charge < -0.3 is 4.52 Å². The fourth-order valence-electron chi connectivity index (χ4n) is 2.26. The van der Waals surface area contributed by atoms with Crippen LogP contribution in [-0.2, 0) is 15.9 Å². The van der Waals surface area contributed by atoms with Gasteiger partial charge in [-0.2, -0.15) is 27.8 Å². The fourth-order valence-corrected chi connectivity index (χ4v) is 3.43. The Morgan fingerprint density at radius 1 is 1.14 bits per heavy atom. The van der Waals surface area contributed by atoms with Gasteiger partial charge in [-0.3, -0.25) is 4.79 Å². The van der Waals surface area contributed by atoms with Gasteiger partial charge in [0.1, 0.15) is 0 Å². The zero-order valence-electron chi connectivity index (χ0n) is 14.7. The van der Waals surface area contributed by atoms with Crippen LogP contribution < -0.4 is 0 Å². The first-order valence-corrected chi connectivity index (χ1v) is 9.80. The molecule has 0 aliphatic rings. The predicted octanol–water partition coefficient (Wildman–Crippen LogP) is 3.92. The highest BCUT2D eigenvalue weighted by Gasteiger charge is 2.38. The number of carbonyl (C=O) groups is 1. The molecule has 7 nitrogen and oxygen atoms in total. The molecule has 1 heterocycles. The number of nitrogens with zero attached hydrogens (tertiary/aromatic N) is 4. The second-order valence-corrected chi connectivity index (χ2v) is 8.09. The lowest BCUT2D eigenvalue weighted by Crippen LogP contribution is -2.05. The van der Waals surface area contributed by atoms with Crippen molar-refractivity contribution in [3.63, 3.8) is 0 Å². The minimum atomic E-state index is -4.76. The van der Waals surface area contributed by atoms with Gasteiger partial charge in [-0.1, -0.05) is 17.3 Å². The van der Waals surface area contributed by atoms with Gasteiger partial charge in [-0.05, 0) is 36.4 Å². The second-order valence-electron chi connectivity index (χ2n) is 5.83. The number of alkyl halides is 3. The van der Waals surface area contributed by atoms with Crippen molar-refractivity contribution in [3.05, 3.63) is 65.5 Å². The molecule has 3 rings (SSSR count). The van der Waals surface area contributed by atoms with Crippen molar-refractivity contribution in [2.24, 2.45) is 4.36 Å². The first-order chi connectivity index (χ1) is 13.6. The minimum Gasteiger partial charge on any atom is -0.329 e. The Hall–Kier alpha value is -3.52. The summed E-state index contributed by atoms with van der Waals surface area (Å²) in [7, 11) is -3.06. The molecule has 0 fully saturated rings. The Balaban J connectivity index is 1.84. The molecule has 1 atom stereocenters. The first kappa shape index (κ1) is 20.2. The number of halogens is 3. The molecule has 0 radical (unpaired) electrons. The van der Waals surface area contributed by atoms with Gasteiger partial charge in [0.05, 0.1) is 21.4 Å². The molecule has 0 saturated heterocycles. The van der Waals surface area contributed by atoms with E-state index in [9.17, 15) is 22.2 Å². The number of nitriles is 1. The van der Waals surface area contributed by atoms with Crippen LogP contribution in [0.15, 0.2) is 62.3 Å². The average molecular weight is 420 g/mol. The van der Waals surface area contributed by atoms with Crippen LogP contribution in [0.3, 0.4) is 0 Å². The van der Waals surface area contributed by atoms with Crippen LogP contribution in [-0.4, -0.2) is 26.5 Å². The Morgan fingerprint density at radius 3 is 2.28 bits per heavy atom. The molecule has 0 N–H and O–H groups in total. The maximum atomic E-state index is 12.7. The van der Waals surface area contributed by atoms with Crippen LogP contribution in [0.5, 0.6) is 0 Å². The van der Waals surface area contributed by atoms with Gasteiger partial charge in [0.15, 0.2) is 0 Å². The number of amides is 1. The van der Waals surface area contributed by atoms with Crippen molar-refractivity contribution in [2.75, 3.05) is 6.26 Å². The molecule has 0 aliphatic heterocycles. The predicted molar refractivity (Wildman–Crippen MR) is 95.0 cm³/mol. The summed E-state index contributed by atoms with van der Waals surface area (Å²) in [5, 5.41) is 12.1. The van der Waals surface area contributed by atoms with E-state index < -0.39 is 27.7 Å². The fraction of sp³-hybridized carbons (Fsp3) is 0.111. The summed E-state index contributed by atoms with van der Waals surface area (Å²) in [6, 6.07) is 13.0. The number of carbonyl (C=O) groups excluding carboxylic acids is 1. The van der Waals surface area contributed by atoms with Crippen molar-refractivity contribution in [1.29, 1.82) is 5.26 Å². The van der Waals surface area contributed by atoms with Gasteiger partial charge >= 0.3 is 12.1 Å². The summed E-state index contributed by atoms with van der Waals surface area (Å²) < 4.78 is 58.3. The molecule has 1 aromatic heterocycles. The van der Waals surface area contributed by atoms with Crippen molar-refractivity contribution in [3.8, 4) is 17.5 Å². The molecule has 148 valence electrons. The second kappa shape index (κ2) is 7.48. The number of aromatic nitrogens is 2. The third kappa shape index (κ3) is 4.49. The molecule has 1 unspecified atom stereocenters. The quantitative estimate of drug-likeness (QED) is 0.635. The lowest BCUT2D eigenvalue weighted by molar-refractivity contribution is -0.159. The van der Waals surface area contributed by atoms with Gasteiger partial charge in [-0.25, -0.2) is 4.21 Å². The van der Waals surface area contributed by atoms with E-state index in [1.165, 1.54) is 54.8 Å². The molecular formula is C18H11F3N4O3S. The van der Waals surface area contributed by atoms with Crippen LogP contribution in [0.25, 0.3) is 11.4 Å². The summed E-state index contributed by atoms with van der Waals surface area (Å²) >= 11 is 0. The molecule has 0 saturated carbocycles. The van der Waals surface area contributed by atoms with E-state index in [2.05, 4.69) is 19.0 Å². The van der Waals surface area contributed by atoms with E-state index in [4.69, 9.17) is 5.26 Å². The smallest absolute Gasteiger partial charge is 0.329 e. The SMILES string of the molecule is CS(=O)(=NC(=O)c1ccc(-c2noc(C(F)(F)F)n2)cc1)c1ccc(C#N)cc1. The van der Waals surface area contributed by atoms with E-state index in [1.807, 2.05) is 6.07 Å². The molecule has 0 spiro atoms. The standard InChI is InChI=1S/C18H11F3N4O3S/c1-29(27,14-8-2-11(10-22)3-9-14)25-16(26)13-6-4-12(5-7-13)15-23-17(28-24-15)18(19,20)21/h2-9H,1H3. The molecule has 1 amide bonds. The number of hydrogen-bond donors (Lipinski definition) is 0. The Morgan fingerprint density at radius 2 is 1.76 bits per heavy atom. The molecule has 2 aromatic carbocycles. The van der Waals surface area contributed by atoms with Crippen LogP contribution in [0.4, 0.5) is 13.2 Å². The Labute approximate surface area is 163 Å². The topological polar surface area (TPSA) is 109 Å². The number of rotatable bonds is 3. The van der Waals surface area contributed by atoms with Gasteiger partial charge in [-0.15, -0.1) is 0 Å². The summed E-state index contributed by atoms with van der Waals surface area (Å²) in [5.74, 6) is -2.53. The van der Waals surface area contributed by atoms with Crippen molar-refractivity contribution in [2.45, 2.75) is 11.1 Å². The third-order valence-corrected chi connectivity index (χ3v) is 5.40. The Kier molecular flexibility index (Phi) is 5.21. The van der Waals surface area contributed by atoms with Gasteiger partial charge in [0.2, 0.25) is 5.82 Å². The maximum absolute atomic E-state index is 12.7. The highest BCUT2D eigenvalue weighted by atomic mass is 32.2. The number of hydrogen-bond acceptors (Lipinski definition) is 6. The summed E-state index contributed by atoms with van der Waals surface area (Å²) in [5.41, 5.74) is 0.655. The molecule has 29 heavy (non-hydrogen) atoms. The van der Waals surface area contributed by atoms with Crippen LogP contribution >= 0.6 is 0 Å². The van der Waals surface area contributed by atoms with Crippen LogP contribution in [0.2, 0.25) is 0 Å². The zero-order chi connectivity index (χ0) is 21.2. The first-order valence-electron chi connectivity index (χ1n) is 7.88. The molecule has 0 bridgehead atoms. The Bertz CT molecular complexity index is 1220. The van der Waals surface area contributed by atoms with E-state index in [0.29, 0.717) is 5.56 Å². The van der Waals surface area contributed by atoms with E-state index >= 15 is 0 Å². The average Bonchev–Trinajstić information content (AvgIpc) is 3.18. The summed E-state index contributed by atoms with van der Waals surface area (Å²) in [6.45, 7) is 0. The normalized spacial score (nSPS) is 13.3. The highest BCUT2D eigenvalue weighted by molar-refractivity contribution is 7.93. The molecular weight excluding hydrogens is 409 g/mol. The largest absolute Gasteiger partial charge is 0.471 e. The maximum Gasteiger partial charge on any atom is 0.471 e. The van der Waals surface area contributed by atoms with Gasteiger partial charge in [0.25, 0.3) is 5.91 Å². The minimum absolute atomic E-state index is 0.0801. The van der Waals surface area contributed by atoms with Crippen LogP contribution in [0.1, 0.15) is 21.8 Å². The molecule has 0 aliphatic carbocycles. The van der Waals surface area contributed by atoms with E-state index in [-0.39, 0.29) is 21.8 Å². The lowest BCUT2D eigenvalue weighted by Gasteiger charge is -2.04. The zero-order valence-corrected chi connectivity index (χ0v) is 15.5. The van der Waals surface area contributed by atoms with Crippen molar-refractivity contribution < 1.29 is 26.7 Å². The highest BCUT2D eigenvalue weighted by Crippen LogP contribution is 2.29. The molecule has 11 heteroatoms. The van der Waals surface area contributed by atoms with Crippen molar-refractivity contribution >= 4 is 15.6 Å². The number of benzene rings is 2. The summed E-state index contributed by atoms with van der Waals surface area (Å²) in [4.78, 5) is 15.9. The van der Waals surface area contributed by atoms with E-state index in [0.717, 1.165) is 0 Å².